The van der Waals surface area contributed by atoms with Crippen molar-refractivity contribution in [1.82, 2.24) is 0 Å². The molecule has 0 aliphatic heterocycles. The van der Waals surface area contributed by atoms with Gasteiger partial charge in [-0.15, -0.1) is 0 Å². The molecular weight excluding hydrogens is 595 g/mol. The lowest BCUT2D eigenvalue weighted by Crippen LogP contribution is -2.11. The average Bonchev–Trinajstić information content (AvgIpc) is 3.31. The lowest BCUT2D eigenvalue weighted by Gasteiger charge is -2.26. The van der Waals surface area contributed by atoms with E-state index in [2.05, 4.69) is 0 Å². The van der Waals surface area contributed by atoms with E-state index in [9.17, 15) is 22.8 Å². The van der Waals surface area contributed by atoms with Crippen LogP contribution in [0.5, 0.6) is 0 Å². The molecule has 0 fully saturated rings. The maximum Gasteiger partial charge on any atom is 0.416 e. The lowest BCUT2D eigenvalue weighted by molar-refractivity contribution is -0.137. The highest BCUT2D eigenvalue weighted by Crippen LogP contribution is 2.39. The topological polar surface area (TPSA) is 37.4 Å². The predicted octanol–water partition coefficient (Wildman–Crippen LogP) is 11.1. The summed E-state index contributed by atoms with van der Waals surface area (Å²) in [5, 5.41) is 5.65. The van der Waals surface area contributed by atoms with E-state index in [1.807, 2.05) is 108 Å². The fourth-order valence-electron chi connectivity index (χ4n) is 6.35. The molecule has 0 bridgehead atoms. The summed E-state index contributed by atoms with van der Waals surface area (Å²) in [6.45, 7) is 0. The first-order valence-corrected chi connectivity index (χ1v) is 15.1. The van der Waals surface area contributed by atoms with Gasteiger partial charge in [0.2, 0.25) is 0 Å². The second-order valence-corrected chi connectivity index (χ2v) is 11.7. The number of hydrogen-bond acceptors (Lipinski definition) is 3. The molecule has 8 rings (SSSR count). The number of hydrogen-bond donors (Lipinski definition) is 0. The molecule has 0 saturated carbocycles. The van der Waals surface area contributed by atoms with E-state index >= 15 is 0 Å². The van der Waals surface area contributed by atoms with Crippen LogP contribution < -0.4 is 4.90 Å². The zero-order valence-electron chi connectivity index (χ0n) is 24.8. The van der Waals surface area contributed by atoms with Crippen LogP contribution in [0.15, 0.2) is 145 Å². The van der Waals surface area contributed by atoms with Crippen molar-refractivity contribution >= 4 is 67.0 Å². The molecule has 0 atom stereocenters. The van der Waals surface area contributed by atoms with Gasteiger partial charge in [-0.25, -0.2) is 0 Å². The van der Waals surface area contributed by atoms with Gasteiger partial charge in [0.15, 0.2) is 11.6 Å². The van der Waals surface area contributed by atoms with E-state index in [1.54, 1.807) is 18.2 Å². The van der Waals surface area contributed by atoms with E-state index in [0.717, 1.165) is 55.8 Å². The molecule has 0 spiro atoms. The summed E-state index contributed by atoms with van der Waals surface area (Å²) in [6, 6.07) is 41.8. The third kappa shape index (κ3) is 5.04. The van der Waals surface area contributed by atoms with E-state index in [-0.39, 0.29) is 17.1 Å². The zero-order valence-corrected chi connectivity index (χ0v) is 24.8. The molecule has 7 aromatic rings. The molecule has 3 nitrogen and oxygen atoms in total. The number of benzene rings is 7. The third-order valence-electron chi connectivity index (χ3n) is 8.73. The Bertz CT molecular complexity index is 2390. The molecule has 0 unspecified atom stereocenters. The smallest absolute Gasteiger partial charge is 0.310 e. The number of alkyl halides is 3. The Kier molecular flexibility index (Phi) is 6.55. The quantitative estimate of drug-likeness (QED) is 0.145. The number of fused-ring (bicyclic) bond motifs is 4. The van der Waals surface area contributed by atoms with E-state index in [0.29, 0.717) is 22.4 Å². The van der Waals surface area contributed by atoms with Gasteiger partial charge in [0.1, 0.15) is 0 Å². The number of Topliss-reactive ketones (excluding diaryl/α,β-unsaturated/α-hetero) is 2. The first kappa shape index (κ1) is 28.5. The molecule has 0 N–H and O–H groups in total. The van der Waals surface area contributed by atoms with Gasteiger partial charge in [-0.05, 0) is 111 Å². The monoisotopic (exact) mass is 619 g/mol. The molecule has 226 valence electrons. The minimum Gasteiger partial charge on any atom is -0.310 e. The highest BCUT2D eigenvalue weighted by molar-refractivity contribution is 6.42. The average molecular weight is 620 g/mol. The fourth-order valence-corrected chi connectivity index (χ4v) is 6.35. The number of ketones is 2. The Morgan fingerprint density at radius 3 is 1.49 bits per heavy atom. The zero-order chi connectivity index (χ0) is 32.3. The number of rotatable bonds is 4. The Morgan fingerprint density at radius 2 is 0.915 bits per heavy atom. The molecule has 7 aromatic carbocycles. The molecule has 0 saturated heterocycles. The van der Waals surface area contributed by atoms with Gasteiger partial charge in [0.05, 0.1) is 11.1 Å². The molecular formula is C41H24F3NO2. The second kappa shape index (κ2) is 10.8. The van der Waals surface area contributed by atoms with Crippen LogP contribution in [0, 0.1) is 0 Å². The molecule has 1 aliphatic rings. The SMILES string of the molecule is O=C1C(=Cc2ccc3cc(N(c4ccc(C(F)(F)F)cc4)c4ccc5ccccc5c4)ccc3c2)C(=O)c2cc3ccccc3cc21. The van der Waals surface area contributed by atoms with Gasteiger partial charge in [-0.3, -0.25) is 9.59 Å². The molecule has 0 radical (unpaired) electrons. The highest BCUT2D eigenvalue weighted by atomic mass is 19.4. The standard InChI is InChI=1S/C41H24F3NO2/c42-41(43,44)32-13-17-33(18-14-32)45(34-15-11-26-5-1-2-6-27(26)21-34)35-16-12-30-19-25(9-10-31(30)22-35)20-38-39(46)36-23-28-7-3-4-8-29(28)24-37(36)40(38)47/h1-24H. The summed E-state index contributed by atoms with van der Waals surface area (Å²) in [7, 11) is 0. The molecule has 0 heterocycles. The number of halogens is 3. The number of carbonyl (C=O) groups excluding carboxylic acids is 2. The summed E-state index contributed by atoms with van der Waals surface area (Å²) in [5.41, 5.74) is 3.13. The van der Waals surface area contributed by atoms with Crippen LogP contribution >= 0.6 is 0 Å². The Morgan fingerprint density at radius 1 is 0.468 bits per heavy atom. The predicted molar refractivity (Wildman–Crippen MR) is 182 cm³/mol. The summed E-state index contributed by atoms with van der Waals surface area (Å²) in [4.78, 5) is 28.5. The van der Waals surface area contributed by atoms with Crippen molar-refractivity contribution in [2.75, 3.05) is 4.90 Å². The minimum absolute atomic E-state index is 0.135. The normalized spacial score (nSPS) is 13.0. The first-order chi connectivity index (χ1) is 22.7. The van der Waals surface area contributed by atoms with Crippen molar-refractivity contribution < 1.29 is 22.8 Å². The van der Waals surface area contributed by atoms with Gasteiger partial charge in [0, 0.05) is 28.2 Å². The van der Waals surface area contributed by atoms with Crippen molar-refractivity contribution in [3.05, 3.63) is 167 Å². The van der Waals surface area contributed by atoms with Crippen LogP contribution in [-0.2, 0) is 6.18 Å². The van der Waals surface area contributed by atoms with Crippen LogP contribution in [-0.4, -0.2) is 11.6 Å². The number of carbonyl (C=O) groups is 2. The first-order valence-electron chi connectivity index (χ1n) is 15.1. The van der Waals surface area contributed by atoms with Crippen molar-refractivity contribution in [1.29, 1.82) is 0 Å². The maximum atomic E-state index is 13.4. The molecule has 47 heavy (non-hydrogen) atoms. The van der Waals surface area contributed by atoms with Crippen molar-refractivity contribution in [2.24, 2.45) is 0 Å². The molecule has 6 heteroatoms. The lowest BCUT2D eigenvalue weighted by atomic mass is 10.0. The van der Waals surface area contributed by atoms with Gasteiger partial charge in [-0.2, -0.15) is 13.2 Å². The van der Waals surface area contributed by atoms with E-state index in [1.165, 1.54) is 12.1 Å². The van der Waals surface area contributed by atoms with E-state index in [4.69, 9.17) is 0 Å². The van der Waals surface area contributed by atoms with Crippen molar-refractivity contribution in [3.8, 4) is 0 Å². The van der Waals surface area contributed by atoms with Gasteiger partial charge >= 0.3 is 6.18 Å². The van der Waals surface area contributed by atoms with Crippen LogP contribution in [0.2, 0.25) is 0 Å². The number of nitrogens with zero attached hydrogens (tertiary/aromatic N) is 1. The van der Waals surface area contributed by atoms with Crippen molar-refractivity contribution in [2.45, 2.75) is 6.18 Å². The summed E-state index contributed by atoms with van der Waals surface area (Å²) >= 11 is 0. The highest BCUT2D eigenvalue weighted by Gasteiger charge is 2.33. The van der Waals surface area contributed by atoms with Crippen LogP contribution in [0.25, 0.3) is 38.4 Å². The van der Waals surface area contributed by atoms with E-state index < -0.39 is 11.7 Å². The molecule has 0 amide bonds. The summed E-state index contributed by atoms with van der Waals surface area (Å²) < 4.78 is 40.2. The fraction of sp³-hybridized carbons (Fsp3) is 0.0244. The van der Waals surface area contributed by atoms with Crippen LogP contribution in [0.1, 0.15) is 31.8 Å². The summed E-state index contributed by atoms with van der Waals surface area (Å²) in [6.07, 6.45) is -2.79. The molecule has 1 aliphatic carbocycles. The van der Waals surface area contributed by atoms with Gasteiger partial charge in [-0.1, -0.05) is 72.8 Å². The Hall–Kier alpha value is -6.01. The van der Waals surface area contributed by atoms with Gasteiger partial charge in [0.25, 0.3) is 0 Å². The largest absolute Gasteiger partial charge is 0.416 e. The molecule has 0 aromatic heterocycles. The minimum atomic E-state index is -4.44. The second-order valence-electron chi connectivity index (χ2n) is 11.7. The van der Waals surface area contributed by atoms with Gasteiger partial charge < -0.3 is 4.90 Å². The summed E-state index contributed by atoms with van der Waals surface area (Å²) in [5.74, 6) is -0.567. The Labute approximate surface area is 267 Å². The van der Waals surface area contributed by atoms with Crippen LogP contribution in [0.4, 0.5) is 30.2 Å². The van der Waals surface area contributed by atoms with Crippen molar-refractivity contribution in [3.63, 3.8) is 0 Å². The number of allylic oxidation sites excluding steroid dienone is 1. The number of anilines is 3. The maximum absolute atomic E-state index is 13.4. The Balaban J connectivity index is 1.18. The third-order valence-corrected chi connectivity index (χ3v) is 8.73. The van der Waals surface area contributed by atoms with Crippen LogP contribution in [0.3, 0.4) is 0 Å².